The average Bonchev–Trinajstić information content (AvgIpc) is 2.40. The molecule has 19 heavy (non-hydrogen) atoms. The lowest BCUT2D eigenvalue weighted by atomic mass is 9.50. The summed E-state index contributed by atoms with van der Waals surface area (Å²) in [6, 6.07) is 0. The SMILES string of the molecule is CCCCC1C2CCCC(C2=O)C2(O)CCCCC12. The Hall–Kier alpha value is -0.370. The lowest BCUT2D eigenvalue weighted by Crippen LogP contribution is -2.61. The van der Waals surface area contributed by atoms with Crippen molar-refractivity contribution in [2.24, 2.45) is 23.7 Å². The van der Waals surface area contributed by atoms with Gasteiger partial charge in [-0.1, -0.05) is 39.0 Å². The number of carbonyl (C=O) groups excluding carboxylic acids is 1. The molecule has 0 spiro atoms. The van der Waals surface area contributed by atoms with Gasteiger partial charge in [0.25, 0.3) is 0 Å². The molecule has 3 aliphatic rings. The van der Waals surface area contributed by atoms with Gasteiger partial charge in [0.15, 0.2) is 0 Å². The maximum Gasteiger partial charge on any atom is 0.142 e. The number of hydrogen-bond acceptors (Lipinski definition) is 2. The molecule has 108 valence electrons. The van der Waals surface area contributed by atoms with Crippen molar-refractivity contribution in [1.29, 1.82) is 0 Å². The van der Waals surface area contributed by atoms with Crippen LogP contribution in [0.2, 0.25) is 0 Å². The van der Waals surface area contributed by atoms with Crippen LogP contribution in [0, 0.1) is 23.7 Å². The molecule has 0 aromatic carbocycles. The summed E-state index contributed by atoms with van der Waals surface area (Å²) in [4.78, 5) is 12.7. The molecular weight excluding hydrogens is 236 g/mol. The van der Waals surface area contributed by atoms with Crippen molar-refractivity contribution < 1.29 is 9.90 Å². The molecule has 1 N–H and O–H groups in total. The highest BCUT2D eigenvalue weighted by Crippen LogP contribution is 2.55. The molecule has 0 heterocycles. The Labute approximate surface area is 117 Å². The van der Waals surface area contributed by atoms with Crippen molar-refractivity contribution in [2.45, 2.75) is 76.7 Å². The van der Waals surface area contributed by atoms with E-state index >= 15 is 0 Å². The van der Waals surface area contributed by atoms with Crippen LogP contribution in [0.5, 0.6) is 0 Å². The highest BCUT2D eigenvalue weighted by Gasteiger charge is 2.59. The Morgan fingerprint density at radius 1 is 1.21 bits per heavy atom. The summed E-state index contributed by atoms with van der Waals surface area (Å²) in [6.07, 6.45) is 11.2. The minimum atomic E-state index is -0.634. The fraction of sp³-hybridized carbons (Fsp3) is 0.941. The van der Waals surface area contributed by atoms with Crippen molar-refractivity contribution in [1.82, 2.24) is 0 Å². The van der Waals surface area contributed by atoms with Crippen LogP contribution >= 0.6 is 0 Å². The first-order valence-corrected chi connectivity index (χ1v) is 8.44. The van der Waals surface area contributed by atoms with E-state index in [1.165, 1.54) is 19.3 Å². The van der Waals surface area contributed by atoms with Crippen LogP contribution in [0.1, 0.15) is 71.1 Å². The number of aliphatic hydroxyl groups is 1. The molecule has 2 nitrogen and oxygen atoms in total. The average molecular weight is 264 g/mol. The summed E-state index contributed by atoms with van der Waals surface area (Å²) >= 11 is 0. The first kappa shape index (κ1) is 13.6. The van der Waals surface area contributed by atoms with E-state index in [2.05, 4.69) is 6.92 Å². The monoisotopic (exact) mass is 264 g/mol. The van der Waals surface area contributed by atoms with Gasteiger partial charge in [0, 0.05) is 11.8 Å². The zero-order valence-electron chi connectivity index (χ0n) is 12.2. The summed E-state index contributed by atoms with van der Waals surface area (Å²) in [5.74, 6) is 1.59. The van der Waals surface area contributed by atoms with Gasteiger partial charge in [-0.15, -0.1) is 0 Å². The Balaban J connectivity index is 1.91. The number of hydrogen-bond donors (Lipinski definition) is 1. The standard InChI is InChI=1S/C17H28O2/c1-2-3-7-12-13-8-6-10-15(16(13)18)17(19)11-5-4-9-14(12)17/h12-15,19H,2-11H2,1H3. The van der Waals surface area contributed by atoms with Gasteiger partial charge in [0.2, 0.25) is 0 Å². The molecule has 3 aliphatic carbocycles. The third kappa shape index (κ3) is 2.07. The van der Waals surface area contributed by atoms with E-state index in [1.54, 1.807) is 0 Å². The van der Waals surface area contributed by atoms with Gasteiger partial charge >= 0.3 is 0 Å². The molecule has 5 atom stereocenters. The van der Waals surface area contributed by atoms with Crippen molar-refractivity contribution >= 4 is 5.78 Å². The van der Waals surface area contributed by atoms with Crippen LogP contribution in [0.3, 0.4) is 0 Å². The second kappa shape index (κ2) is 5.20. The molecule has 0 radical (unpaired) electrons. The van der Waals surface area contributed by atoms with Gasteiger partial charge in [-0.2, -0.15) is 0 Å². The summed E-state index contributed by atoms with van der Waals surface area (Å²) < 4.78 is 0. The molecule has 0 saturated heterocycles. The summed E-state index contributed by atoms with van der Waals surface area (Å²) in [5, 5.41) is 11.2. The zero-order valence-corrected chi connectivity index (χ0v) is 12.2. The van der Waals surface area contributed by atoms with Crippen LogP contribution in [-0.4, -0.2) is 16.5 Å². The van der Waals surface area contributed by atoms with Crippen molar-refractivity contribution in [2.75, 3.05) is 0 Å². The molecule has 3 saturated carbocycles. The Kier molecular flexibility index (Phi) is 3.72. The molecule has 3 rings (SSSR count). The second-order valence-electron chi connectivity index (χ2n) is 7.14. The van der Waals surface area contributed by atoms with Gasteiger partial charge in [0.1, 0.15) is 5.78 Å². The van der Waals surface area contributed by atoms with Crippen molar-refractivity contribution in [3.8, 4) is 0 Å². The van der Waals surface area contributed by atoms with E-state index in [-0.39, 0.29) is 11.8 Å². The molecule has 5 unspecified atom stereocenters. The maximum atomic E-state index is 12.7. The van der Waals surface area contributed by atoms with Gasteiger partial charge in [-0.25, -0.2) is 0 Å². The van der Waals surface area contributed by atoms with E-state index in [0.717, 1.165) is 44.9 Å². The Morgan fingerprint density at radius 2 is 2.05 bits per heavy atom. The Bertz CT molecular complexity index is 351. The second-order valence-corrected chi connectivity index (χ2v) is 7.14. The third-order valence-corrected chi connectivity index (χ3v) is 6.23. The number of Topliss-reactive ketones (excluding diaryl/α,β-unsaturated/α-hetero) is 1. The number of fused-ring (bicyclic) bond motifs is 4. The van der Waals surface area contributed by atoms with Crippen LogP contribution in [0.25, 0.3) is 0 Å². The topological polar surface area (TPSA) is 37.3 Å². The number of carbonyl (C=O) groups is 1. The highest BCUT2D eigenvalue weighted by atomic mass is 16.3. The fourth-order valence-corrected chi connectivity index (χ4v) is 5.35. The van der Waals surface area contributed by atoms with Crippen LogP contribution in [0.15, 0.2) is 0 Å². The van der Waals surface area contributed by atoms with E-state index in [1.807, 2.05) is 0 Å². The van der Waals surface area contributed by atoms with Crippen LogP contribution < -0.4 is 0 Å². The molecule has 0 amide bonds. The minimum Gasteiger partial charge on any atom is -0.389 e. The number of ketones is 1. The van der Waals surface area contributed by atoms with E-state index in [4.69, 9.17) is 0 Å². The van der Waals surface area contributed by atoms with Crippen molar-refractivity contribution in [3.05, 3.63) is 0 Å². The highest BCUT2D eigenvalue weighted by molar-refractivity contribution is 5.86. The molecule has 2 bridgehead atoms. The van der Waals surface area contributed by atoms with Gasteiger partial charge < -0.3 is 5.11 Å². The smallest absolute Gasteiger partial charge is 0.142 e. The van der Waals surface area contributed by atoms with Gasteiger partial charge in [-0.3, -0.25) is 4.79 Å². The molecule has 0 aromatic heterocycles. The van der Waals surface area contributed by atoms with Crippen molar-refractivity contribution in [3.63, 3.8) is 0 Å². The number of unbranched alkanes of at least 4 members (excludes halogenated alkanes) is 1. The fourth-order valence-electron chi connectivity index (χ4n) is 5.35. The normalized spacial score (nSPS) is 45.9. The van der Waals surface area contributed by atoms with E-state index < -0.39 is 5.60 Å². The molecule has 0 aromatic rings. The lowest BCUT2D eigenvalue weighted by molar-refractivity contribution is -0.182. The summed E-state index contributed by atoms with van der Waals surface area (Å²) in [7, 11) is 0. The van der Waals surface area contributed by atoms with Crippen LogP contribution in [0.4, 0.5) is 0 Å². The summed E-state index contributed by atoms with van der Waals surface area (Å²) in [6.45, 7) is 2.22. The predicted octanol–water partition coefficient (Wildman–Crippen LogP) is 3.71. The Morgan fingerprint density at radius 3 is 2.84 bits per heavy atom. The number of rotatable bonds is 3. The molecule has 3 fully saturated rings. The molecule has 0 aliphatic heterocycles. The van der Waals surface area contributed by atoms with Gasteiger partial charge in [0.05, 0.1) is 5.60 Å². The predicted molar refractivity (Wildman–Crippen MR) is 75.8 cm³/mol. The van der Waals surface area contributed by atoms with E-state index in [0.29, 0.717) is 17.6 Å². The maximum absolute atomic E-state index is 12.7. The first-order chi connectivity index (χ1) is 9.18. The lowest BCUT2D eigenvalue weighted by Gasteiger charge is -2.56. The first-order valence-electron chi connectivity index (χ1n) is 8.44. The van der Waals surface area contributed by atoms with Crippen LogP contribution in [-0.2, 0) is 4.79 Å². The quantitative estimate of drug-likeness (QED) is 0.843. The van der Waals surface area contributed by atoms with E-state index in [9.17, 15) is 9.90 Å². The third-order valence-electron chi connectivity index (χ3n) is 6.23. The van der Waals surface area contributed by atoms with Gasteiger partial charge in [-0.05, 0) is 43.9 Å². The minimum absolute atomic E-state index is 0.0190. The molecule has 2 heteroatoms. The zero-order chi connectivity index (χ0) is 13.5. The largest absolute Gasteiger partial charge is 0.389 e. The molecular formula is C17H28O2. The summed E-state index contributed by atoms with van der Waals surface area (Å²) in [5.41, 5.74) is -0.634.